The highest BCUT2D eigenvalue weighted by Gasteiger charge is 2.38. The van der Waals surface area contributed by atoms with E-state index in [0.29, 0.717) is 26.4 Å². The maximum Gasteiger partial charge on any atom is 0.234 e. The topological polar surface area (TPSA) is 50.8 Å². The summed E-state index contributed by atoms with van der Waals surface area (Å²) in [6.07, 6.45) is 1.05. The Kier molecular flexibility index (Phi) is 4.41. The first-order valence-electron chi connectivity index (χ1n) is 7.65. The number of nitrogens with zero attached hydrogens (tertiary/aromatic N) is 1. The summed E-state index contributed by atoms with van der Waals surface area (Å²) < 4.78 is 11.1. The number of rotatable bonds is 4. The van der Waals surface area contributed by atoms with E-state index in [1.807, 2.05) is 29.2 Å². The van der Waals surface area contributed by atoms with Gasteiger partial charge in [-0.3, -0.25) is 4.79 Å². The second-order valence-corrected chi connectivity index (χ2v) is 5.51. The lowest BCUT2D eigenvalue weighted by Crippen LogP contribution is -2.48. The zero-order chi connectivity index (χ0) is 14.7. The lowest BCUT2D eigenvalue weighted by molar-refractivity contribution is -0.123. The number of hydrogen-bond acceptors (Lipinski definition) is 4. The summed E-state index contributed by atoms with van der Waals surface area (Å²) in [5, 5.41) is 3.42. The smallest absolute Gasteiger partial charge is 0.234 e. The van der Waals surface area contributed by atoms with Crippen LogP contribution < -0.4 is 15.0 Å². The van der Waals surface area contributed by atoms with Gasteiger partial charge < -0.3 is 19.7 Å². The molecule has 1 saturated heterocycles. The highest BCUT2D eigenvalue weighted by atomic mass is 16.5. The Bertz CT molecular complexity index is 506. The van der Waals surface area contributed by atoms with Crippen molar-refractivity contribution in [3.8, 4) is 5.75 Å². The molecule has 5 nitrogen and oxygen atoms in total. The molecule has 1 fully saturated rings. The van der Waals surface area contributed by atoms with Crippen LogP contribution in [0.15, 0.2) is 24.3 Å². The monoisotopic (exact) mass is 290 g/mol. The SMILES string of the molecule is CCCNC1COCC1C(=O)N1CCOc2ccccc21. The summed E-state index contributed by atoms with van der Waals surface area (Å²) in [4.78, 5) is 14.7. The van der Waals surface area contributed by atoms with E-state index in [1.165, 1.54) is 0 Å². The molecule has 1 aromatic carbocycles. The van der Waals surface area contributed by atoms with Crippen LogP contribution in [0, 0.1) is 5.92 Å². The quantitative estimate of drug-likeness (QED) is 0.911. The van der Waals surface area contributed by atoms with Crippen LogP contribution in [0.3, 0.4) is 0 Å². The Balaban J connectivity index is 1.76. The number of carbonyl (C=O) groups excluding carboxylic acids is 1. The van der Waals surface area contributed by atoms with Crippen LogP contribution in [0.1, 0.15) is 13.3 Å². The molecular formula is C16H22N2O3. The molecule has 1 N–H and O–H groups in total. The minimum atomic E-state index is -0.109. The Hall–Kier alpha value is -1.59. The van der Waals surface area contributed by atoms with E-state index in [-0.39, 0.29) is 17.9 Å². The van der Waals surface area contributed by atoms with E-state index in [1.54, 1.807) is 0 Å². The van der Waals surface area contributed by atoms with Crippen molar-refractivity contribution in [1.29, 1.82) is 0 Å². The third-order valence-electron chi connectivity index (χ3n) is 4.05. The standard InChI is InChI=1S/C16H22N2O3/c1-2-7-17-13-11-20-10-12(13)16(19)18-8-9-21-15-6-4-3-5-14(15)18/h3-6,12-13,17H,2,7-11H2,1H3. The fourth-order valence-corrected chi connectivity index (χ4v) is 2.93. The van der Waals surface area contributed by atoms with Gasteiger partial charge in [0, 0.05) is 6.04 Å². The van der Waals surface area contributed by atoms with Gasteiger partial charge in [0.15, 0.2) is 0 Å². The number of hydrogen-bond donors (Lipinski definition) is 1. The van der Waals surface area contributed by atoms with Crippen LogP contribution in [-0.2, 0) is 9.53 Å². The summed E-state index contributed by atoms with van der Waals surface area (Å²) in [6, 6.07) is 7.83. The van der Waals surface area contributed by atoms with Crippen molar-refractivity contribution >= 4 is 11.6 Å². The first-order chi connectivity index (χ1) is 10.3. The normalized spacial score (nSPS) is 24.5. The van der Waals surface area contributed by atoms with Gasteiger partial charge in [-0.15, -0.1) is 0 Å². The van der Waals surface area contributed by atoms with Gasteiger partial charge in [0.05, 0.1) is 31.4 Å². The van der Waals surface area contributed by atoms with Gasteiger partial charge >= 0.3 is 0 Å². The predicted molar refractivity (Wildman–Crippen MR) is 80.7 cm³/mol. The minimum Gasteiger partial charge on any atom is -0.490 e. The van der Waals surface area contributed by atoms with Crippen LogP contribution in [0.25, 0.3) is 0 Å². The average molecular weight is 290 g/mol. The highest BCUT2D eigenvalue weighted by molar-refractivity contribution is 5.97. The number of fused-ring (bicyclic) bond motifs is 1. The van der Waals surface area contributed by atoms with E-state index in [2.05, 4.69) is 12.2 Å². The van der Waals surface area contributed by atoms with Gasteiger partial charge in [0.1, 0.15) is 12.4 Å². The molecule has 2 unspecified atom stereocenters. The number of benzene rings is 1. The van der Waals surface area contributed by atoms with Gasteiger partial charge in [-0.2, -0.15) is 0 Å². The van der Waals surface area contributed by atoms with Crippen molar-refractivity contribution in [2.24, 2.45) is 5.92 Å². The maximum absolute atomic E-state index is 12.9. The van der Waals surface area contributed by atoms with Crippen molar-refractivity contribution in [2.45, 2.75) is 19.4 Å². The van der Waals surface area contributed by atoms with Gasteiger partial charge in [-0.05, 0) is 25.1 Å². The Morgan fingerprint density at radius 2 is 2.24 bits per heavy atom. The number of para-hydroxylation sites is 2. The third kappa shape index (κ3) is 2.89. The average Bonchev–Trinajstić information content (AvgIpc) is 3.00. The number of carbonyl (C=O) groups is 1. The molecule has 2 heterocycles. The maximum atomic E-state index is 12.9. The van der Waals surface area contributed by atoms with Gasteiger partial charge in [-0.25, -0.2) is 0 Å². The number of nitrogens with one attached hydrogen (secondary N) is 1. The van der Waals surface area contributed by atoms with Crippen molar-refractivity contribution in [3.05, 3.63) is 24.3 Å². The van der Waals surface area contributed by atoms with Crippen LogP contribution in [0.2, 0.25) is 0 Å². The van der Waals surface area contributed by atoms with Crippen molar-refractivity contribution in [3.63, 3.8) is 0 Å². The van der Waals surface area contributed by atoms with E-state index >= 15 is 0 Å². The highest BCUT2D eigenvalue weighted by Crippen LogP contribution is 2.32. The molecule has 2 aliphatic heterocycles. The largest absolute Gasteiger partial charge is 0.490 e. The summed E-state index contributed by atoms with van der Waals surface area (Å²) in [6.45, 7) is 5.30. The molecule has 3 rings (SSSR count). The summed E-state index contributed by atoms with van der Waals surface area (Å²) in [7, 11) is 0. The third-order valence-corrected chi connectivity index (χ3v) is 4.05. The molecule has 114 valence electrons. The molecule has 2 atom stereocenters. The lowest BCUT2D eigenvalue weighted by Gasteiger charge is -2.32. The van der Waals surface area contributed by atoms with Gasteiger partial charge in [0.25, 0.3) is 0 Å². The molecule has 0 bridgehead atoms. The molecule has 21 heavy (non-hydrogen) atoms. The first-order valence-corrected chi connectivity index (χ1v) is 7.65. The molecule has 1 amide bonds. The molecule has 0 radical (unpaired) electrons. The Labute approximate surface area is 125 Å². The molecule has 2 aliphatic rings. The number of ether oxygens (including phenoxy) is 2. The molecule has 0 aliphatic carbocycles. The molecule has 0 aromatic heterocycles. The zero-order valence-corrected chi connectivity index (χ0v) is 12.4. The lowest BCUT2D eigenvalue weighted by atomic mass is 10.0. The molecular weight excluding hydrogens is 268 g/mol. The van der Waals surface area contributed by atoms with Crippen molar-refractivity contribution in [2.75, 3.05) is 37.8 Å². The number of anilines is 1. The van der Waals surface area contributed by atoms with Crippen molar-refractivity contribution in [1.82, 2.24) is 5.32 Å². The predicted octanol–water partition coefficient (Wildman–Crippen LogP) is 1.43. The van der Waals surface area contributed by atoms with E-state index < -0.39 is 0 Å². The zero-order valence-electron chi connectivity index (χ0n) is 12.4. The van der Waals surface area contributed by atoms with E-state index in [9.17, 15) is 4.79 Å². The van der Waals surface area contributed by atoms with Crippen LogP contribution in [-0.4, -0.2) is 44.9 Å². The molecule has 0 spiro atoms. The summed E-state index contributed by atoms with van der Waals surface area (Å²) in [5.74, 6) is 0.814. The van der Waals surface area contributed by atoms with E-state index in [4.69, 9.17) is 9.47 Å². The second-order valence-electron chi connectivity index (χ2n) is 5.51. The van der Waals surface area contributed by atoms with Gasteiger partial charge in [0.2, 0.25) is 5.91 Å². The molecule has 1 aromatic rings. The Morgan fingerprint density at radius 1 is 1.38 bits per heavy atom. The van der Waals surface area contributed by atoms with Crippen LogP contribution in [0.5, 0.6) is 5.75 Å². The summed E-state index contributed by atoms with van der Waals surface area (Å²) in [5.41, 5.74) is 0.870. The number of amides is 1. The second kappa shape index (κ2) is 6.45. The van der Waals surface area contributed by atoms with E-state index in [0.717, 1.165) is 24.4 Å². The fourth-order valence-electron chi connectivity index (χ4n) is 2.93. The molecule has 5 heteroatoms. The van der Waals surface area contributed by atoms with Crippen molar-refractivity contribution < 1.29 is 14.3 Å². The van der Waals surface area contributed by atoms with Crippen LogP contribution >= 0.6 is 0 Å². The Morgan fingerprint density at radius 3 is 3.10 bits per heavy atom. The first kappa shape index (κ1) is 14.4. The molecule has 0 saturated carbocycles. The van der Waals surface area contributed by atoms with Gasteiger partial charge in [-0.1, -0.05) is 19.1 Å². The fraction of sp³-hybridized carbons (Fsp3) is 0.562. The summed E-state index contributed by atoms with van der Waals surface area (Å²) >= 11 is 0. The van der Waals surface area contributed by atoms with Crippen LogP contribution in [0.4, 0.5) is 5.69 Å². The minimum absolute atomic E-state index is 0.109.